The molecule has 0 saturated carbocycles. The molecule has 0 saturated heterocycles. The molecule has 25 heavy (non-hydrogen) atoms. The predicted molar refractivity (Wildman–Crippen MR) is 94.7 cm³/mol. The third-order valence-electron chi connectivity index (χ3n) is 3.63. The minimum absolute atomic E-state index is 0.00343. The van der Waals surface area contributed by atoms with Crippen molar-refractivity contribution < 1.29 is 14.1 Å². The lowest BCUT2D eigenvalue weighted by molar-refractivity contribution is 0.101. The van der Waals surface area contributed by atoms with Gasteiger partial charge in [-0.05, 0) is 50.2 Å². The maximum Gasteiger partial charge on any atom is 0.246 e. The fourth-order valence-corrected chi connectivity index (χ4v) is 2.43. The molecule has 1 N–H and O–H groups in total. The zero-order valence-electron chi connectivity index (χ0n) is 14.2. The van der Waals surface area contributed by atoms with E-state index in [9.17, 15) is 4.79 Å². The number of hydrogen-bond acceptors (Lipinski definition) is 6. The van der Waals surface area contributed by atoms with E-state index < -0.39 is 0 Å². The van der Waals surface area contributed by atoms with Gasteiger partial charge < -0.3 is 14.6 Å². The van der Waals surface area contributed by atoms with Crippen LogP contribution in [0.5, 0.6) is 5.75 Å². The van der Waals surface area contributed by atoms with Crippen LogP contribution in [0.2, 0.25) is 0 Å². The number of nitrogens with zero attached hydrogens (tertiary/aromatic N) is 2. The molecule has 0 aliphatic heterocycles. The highest BCUT2D eigenvalue weighted by Gasteiger charge is 2.11. The van der Waals surface area contributed by atoms with Crippen molar-refractivity contribution in [2.75, 3.05) is 11.9 Å². The van der Waals surface area contributed by atoms with Gasteiger partial charge >= 0.3 is 0 Å². The Labute approximate surface area is 145 Å². The van der Waals surface area contributed by atoms with Crippen LogP contribution in [-0.2, 0) is 6.54 Å². The largest absolute Gasteiger partial charge is 0.494 e. The van der Waals surface area contributed by atoms with Crippen LogP contribution in [0.25, 0.3) is 11.4 Å². The van der Waals surface area contributed by atoms with Crippen molar-refractivity contribution in [3.8, 4) is 17.1 Å². The summed E-state index contributed by atoms with van der Waals surface area (Å²) in [5, 5.41) is 7.16. The first-order valence-corrected chi connectivity index (χ1v) is 8.07. The molecule has 3 rings (SSSR count). The Morgan fingerprint density at radius 3 is 2.64 bits per heavy atom. The quantitative estimate of drug-likeness (QED) is 0.658. The first-order valence-electron chi connectivity index (χ1n) is 8.07. The number of carbonyl (C=O) groups excluding carboxylic acids is 1. The maximum atomic E-state index is 11.6. The van der Waals surface area contributed by atoms with E-state index in [1.54, 1.807) is 6.07 Å². The fourth-order valence-electron chi connectivity index (χ4n) is 2.43. The number of ether oxygens (including phenoxy) is 1. The Balaban J connectivity index is 1.69. The molecule has 3 aromatic rings. The molecule has 1 heterocycles. The third-order valence-corrected chi connectivity index (χ3v) is 3.63. The highest BCUT2D eigenvalue weighted by Crippen LogP contribution is 2.21. The average Bonchev–Trinajstić information content (AvgIpc) is 3.10. The van der Waals surface area contributed by atoms with E-state index in [-0.39, 0.29) is 5.78 Å². The van der Waals surface area contributed by atoms with Crippen LogP contribution >= 0.6 is 0 Å². The summed E-state index contributed by atoms with van der Waals surface area (Å²) in [6, 6.07) is 14.8. The zero-order chi connectivity index (χ0) is 17.6. The number of aromatic nitrogens is 2. The third kappa shape index (κ3) is 4.03. The summed E-state index contributed by atoms with van der Waals surface area (Å²) in [6.45, 7) is 4.45. The van der Waals surface area contributed by atoms with Crippen molar-refractivity contribution >= 4 is 11.5 Å². The highest BCUT2D eigenvalue weighted by atomic mass is 16.5. The molecule has 0 radical (unpaired) electrons. The van der Waals surface area contributed by atoms with Gasteiger partial charge in [0.2, 0.25) is 11.7 Å². The van der Waals surface area contributed by atoms with Crippen LogP contribution in [0.3, 0.4) is 0 Å². The SMILES string of the molecule is CCOc1ccc(-c2noc(CNc3ccccc3C(C)=O)n2)cc1. The average molecular weight is 337 g/mol. The minimum Gasteiger partial charge on any atom is -0.494 e. The predicted octanol–water partition coefficient (Wildman–Crippen LogP) is 3.95. The summed E-state index contributed by atoms with van der Waals surface area (Å²) < 4.78 is 10.7. The summed E-state index contributed by atoms with van der Waals surface area (Å²) in [5.41, 5.74) is 2.23. The topological polar surface area (TPSA) is 77.3 Å². The second-order valence-corrected chi connectivity index (χ2v) is 5.42. The summed E-state index contributed by atoms with van der Waals surface area (Å²) in [6.07, 6.45) is 0. The van der Waals surface area contributed by atoms with Gasteiger partial charge in [0, 0.05) is 16.8 Å². The Morgan fingerprint density at radius 2 is 1.92 bits per heavy atom. The molecule has 0 spiro atoms. The van der Waals surface area contributed by atoms with Gasteiger partial charge in [0.05, 0.1) is 13.2 Å². The molecule has 0 bridgehead atoms. The molecule has 6 nitrogen and oxygen atoms in total. The fraction of sp³-hybridized carbons (Fsp3) is 0.211. The first kappa shape index (κ1) is 16.7. The molecule has 0 atom stereocenters. The van der Waals surface area contributed by atoms with Crippen LogP contribution in [0.1, 0.15) is 30.1 Å². The van der Waals surface area contributed by atoms with E-state index in [0.29, 0.717) is 30.4 Å². The molecular formula is C19H19N3O3. The van der Waals surface area contributed by atoms with E-state index in [2.05, 4.69) is 15.5 Å². The summed E-state index contributed by atoms with van der Waals surface area (Å²) in [5.74, 6) is 1.77. The van der Waals surface area contributed by atoms with Gasteiger partial charge in [-0.15, -0.1) is 0 Å². The van der Waals surface area contributed by atoms with E-state index in [4.69, 9.17) is 9.26 Å². The highest BCUT2D eigenvalue weighted by molar-refractivity contribution is 5.99. The number of anilines is 1. The van der Waals surface area contributed by atoms with E-state index >= 15 is 0 Å². The van der Waals surface area contributed by atoms with Gasteiger partial charge in [-0.2, -0.15) is 4.98 Å². The van der Waals surface area contributed by atoms with E-state index in [0.717, 1.165) is 17.0 Å². The van der Waals surface area contributed by atoms with Crippen molar-refractivity contribution in [3.05, 3.63) is 60.0 Å². The second kappa shape index (κ2) is 7.61. The Hall–Kier alpha value is -3.15. The van der Waals surface area contributed by atoms with Crippen molar-refractivity contribution in [2.45, 2.75) is 20.4 Å². The van der Waals surface area contributed by atoms with Crippen molar-refractivity contribution in [1.82, 2.24) is 10.1 Å². The number of carbonyl (C=O) groups is 1. The lowest BCUT2D eigenvalue weighted by atomic mass is 10.1. The maximum absolute atomic E-state index is 11.6. The van der Waals surface area contributed by atoms with Gasteiger partial charge in [-0.25, -0.2) is 0 Å². The van der Waals surface area contributed by atoms with Crippen LogP contribution in [0.15, 0.2) is 53.1 Å². The van der Waals surface area contributed by atoms with Crippen LogP contribution < -0.4 is 10.1 Å². The minimum atomic E-state index is 0.00343. The number of hydrogen-bond donors (Lipinski definition) is 1. The number of ketones is 1. The standard InChI is InChI=1S/C19H19N3O3/c1-3-24-15-10-8-14(9-11-15)19-21-18(25-22-19)12-20-17-7-5-4-6-16(17)13(2)23/h4-11,20H,3,12H2,1-2H3. The van der Waals surface area contributed by atoms with Gasteiger partial charge in [-0.1, -0.05) is 17.3 Å². The molecule has 0 unspecified atom stereocenters. The molecule has 1 aromatic heterocycles. The Bertz CT molecular complexity index is 856. The lowest BCUT2D eigenvalue weighted by Crippen LogP contribution is -2.05. The van der Waals surface area contributed by atoms with Gasteiger partial charge in [0.15, 0.2) is 5.78 Å². The van der Waals surface area contributed by atoms with E-state index in [1.807, 2.05) is 49.4 Å². The molecule has 2 aromatic carbocycles. The van der Waals surface area contributed by atoms with Gasteiger partial charge in [-0.3, -0.25) is 4.79 Å². The number of para-hydroxylation sites is 1. The molecule has 6 heteroatoms. The number of Topliss-reactive ketones (excluding diaryl/α,β-unsaturated/α-hetero) is 1. The molecule has 0 amide bonds. The Kier molecular flexibility index (Phi) is 5.09. The van der Waals surface area contributed by atoms with Gasteiger partial charge in [0.25, 0.3) is 0 Å². The molecule has 128 valence electrons. The molecule has 0 aliphatic carbocycles. The summed E-state index contributed by atoms with van der Waals surface area (Å²) in [4.78, 5) is 16.0. The summed E-state index contributed by atoms with van der Waals surface area (Å²) in [7, 11) is 0. The van der Waals surface area contributed by atoms with Crippen molar-refractivity contribution in [3.63, 3.8) is 0 Å². The first-order chi connectivity index (χ1) is 12.2. The summed E-state index contributed by atoms with van der Waals surface area (Å²) >= 11 is 0. The molecule has 0 fully saturated rings. The Morgan fingerprint density at radius 1 is 1.16 bits per heavy atom. The van der Waals surface area contributed by atoms with E-state index in [1.165, 1.54) is 6.92 Å². The van der Waals surface area contributed by atoms with Crippen LogP contribution in [-0.4, -0.2) is 22.5 Å². The van der Waals surface area contributed by atoms with Gasteiger partial charge in [0.1, 0.15) is 5.75 Å². The van der Waals surface area contributed by atoms with Crippen molar-refractivity contribution in [2.24, 2.45) is 0 Å². The number of rotatable bonds is 7. The smallest absolute Gasteiger partial charge is 0.246 e. The van der Waals surface area contributed by atoms with Crippen molar-refractivity contribution in [1.29, 1.82) is 0 Å². The molecular weight excluding hydrogens is 318 g/mol. The zero-order valence-corrected chi connectivity index (χ0v) is 14.2. The number of nitrogens with one attached hydrogen (secondary N) is 1. The van der Waals surface area contributed by atoms with Crippen LogP contribution in [0.4, 0.5) is 5.69 Å². The number of benzene rings is 2. The van der Waals surface area contributed by atoms with Crippen LogP contribution in [0, 0.1) is 0 Å². The molecule has 0 aliphatic rings. The normalized spacial score (nSPS) is 10.5. The lowest BCUT2D eigenvalue weighted by Gasteiger charge is -2.07. The second-order valence-electron chi connectivity index (χ2n) is 5.42. The monoisotopic (exact) mass is 337 g/mol.